The molecule has 3 heterocycles. The summed E-state index contributed by atoms with van der Waals surface area (Å²) in [6.07, 6.45) is 2.89. The van der Waals surface area contributed by atoms with Gasteiger partial charge >= 0.3 is 0 Å². The lowest BCUT2D eigenvalue weighted by Gasteiger charge is -2.36. The van der Waals surface area contributed by atoms with Gasteiger partial charge in [0.25, 0.3) is 0 Å². The lowest BCUT2D eigenvalue weighted by molar-refractivity contribution is -0.135. The van der Waals surface area contributed by atoms with Crippen molar-refractivity contribution in [2.45, 2.75) is 32.2 Å². The molecule has 116 valence electrons. The first-order chi connectivity index (χ1) is 10.3. The molecule has 0 aromatic carbocycles. The van der Waals surface area contributed by atoms with Gasteiger partial charge in [0.2, 0.25) is 5.91 Å². The van der Waals surface area contributed by atoms with Crippen LogP contribution in [-0.4, -0.2) is 55.1 Å². The van der Waals surface area contributed by atoms with Gasteiger partial charge < -0.3 is 9.64 Å². The Morgan fingerprint density at radius 2 is 2.19 bits per heavy atom. The van der Waals surface area contributed by atoms with Crippen LogP contribution < -0.4 is 0 Å². The van der Waals surface area contributed by atoms with Crippen molar-refractivity contribution in [3.63, 3.8) is 0 Å². The van der Waals surface area contributed by atoms with Crippen LogP contribution in [0.2, 0.25) is 0 Å². The second kappa shape index (κ2) is 6.90. The summed E-state index contributed by atoms with van der Waals surface area (Å²) >= 11 is 1.88. The monoisotopic (exact) mass is 308 g/mol. The third-order valence-electron chi connectivity index (χ3n) is 4.57. The minimum absolute atomic E-state index is 0.282. The first-order valence-electron chi connectivity index (χ1n) is 7.95. The summed E-state index contributed by atoms with van der Waals surface area (Å²) < 4.78 is 5.31. The lowest BCUT2D eigenvalue weighted by atomic mass is 9.97. The summed E-state index contributed by atoms with van der Waals surface area (Å²) in [4.78, 5) is 18.3. The van der Waals surface area contributed by atoms with Crippen LogP contribution in [0, 0.1) is 0 Å². The zero-order valence-electron chi connectivity index (χ0n) is 12.7. The van der Waals surface area contributed by atoms with Gasteiger partial charge in [-0.15, -0.1) is 11.3 Å². The largest absolute Gasteiger partial charge is 0.378 e. The molecule has 1 aromatic rings. The Morgan fingerprint density at radius 3 is 2.95 bits per heavy atom. The van der Waals surface area contributed by atoms with Crippen LogP contribution in [0.25, 0.3) is 0 Å². The van der Waals surface area contributed by atoms with Crippen LogP contribution in [0.3, 0.4) is 0 Å². The second-order valence-corrected chi connectivity index (χ2v) is 6.75. The molecule has 3 rings (SSSR count). The average molecular weight is 308 g/mol. The van der Waals surface area contributed by atoms with E-state index < -0.39 is 0 Å². The van der Waals surface area contributed by atoms with Crippen LogP contribution in [-0.2, 0) is 16.0 Å². The van der Waals surface area contributed by atoms with Gasteiger partial charge in [0.15, 0.2) is 0 Å². The number of amides is 1. The maximum Gasteiger partial charge on any atom is 0.224 e. The molecule has 0 N–H and O–H groups in total. The van der Waals surface area contributed by atoms with Gasteiger partial charge in [-0.05, 0) is 29.9 Å². The van der Waals surface area contributed by atoms with E-state index in [0.717, 1.165) is 39.0 Å². The molecule has 0 saturated carbocycles. The van der Waals surface area contributed by atoms with E-state index in [9.17, 15) is 4.79 Å². The average Bonchev–Trinajstić information content (AvgIpc) is 3.01. The molecule has 0 aliphatic carbocycles. The second-order valence-electron chi connectivity index (χ2n) is 5.75. The SMILES string of the molecule is CC[C@@H]1c2ccsc2CCN1CCC(=O)N1CCOCC1. The normalized spacial score (nSPS) is 23.1. The smallest absolute Gasteiger partial charge is 0.224 e. The number of hydrogen-bond acceptors (Lipinski definition) is 4. The molecule has 5 heteroatoms. The van der Waals surface area contributed by atoms with Crippen molar-refractivity contribution in [1.82, 2.24) is 9.80 Å². The molecular formula is C16H24N2O2S. The predicted octanol–water partition coefficient (Wildman–Crippen LogP) is 2.31. The molecule has 1 aromatic heterocycles. The molecule has 2 aliphatic rings. The molecule has 21 heavy (non-hydrogen) atoms. The van der Waals surface area contributed by atoms with Gasteiger partial charge in [-0.25, -0.2) is 0 Å². The molecule has 4 nitrogen and oxygen atoms in total. The number of ether oxygens (including phenoxy) is 1. The molecule has 1 saturated heterocycles. The topological polar surface area (TPSA) is 32.8 Å². The van der Waals surface area contributed by atoms with Crippen molar-refractivity contribution in [3.8, 4) is 0 Å². The Balaban J connectivity index is 1.56. The molecule has 1 amide bonds. The number of fused-ring (bicyclic) bond motifs is 1. The Labute approximate surface area is 130 Å². The summed E-state index contributed by atoms with van der Waals surface area (Å²) in [5.74, 6) is 0.282. The Bertz CT molecular complexity index is 482. The highest BCUT2D eigenvalue weighted by molar-refractivity contribution is 7.10. The Hall–Kier alpha value is -0.910. The highest BCUT2D eigenvalue weighted by Crippen LogP contribution is 2.35. The van der Waals surface area contributed by atoms with E-state index in [1.807, 2.05) is 16.2 Å². The van der Waals surface area contributed by atoms with Gasteiger partial charge in [0, 0.05) is 43.5 Å². The first-order valence-corrected chi connectivity index (χ1v) is 8.83. The molecule has 0 unspecified atom stereocenters. The van der Waals surface area contributed by atoms with Crippen LogP contribution in [0.1, 0.15) is 36.2 Å². The number of thiophene rings is 1. The highest BCUT2D eigenvalue weighted by atomic mass is 32.1. The third kappa shape index (κ3) is 3.30. The van der Waals surface area contributed by atoms with Gasteiger partial charge in [0.1, 0.15) is 0 Å². The van der Waals surface area contributed by atoms with Gasteiger partial charge in [-0.2, -0.15) is 0 Å². The molecular weight excluding hydrogens is 284 g/mol. The molecule has 0 bridgehead atoms. The minimum Gasteiger partial charge on any atom is -0.378 e. The van der Waals surface area contributed by atoms with E-state index in [4.69, 9.17) is 4.74 Å². The predicted molar refractivity (Wildman–Crippen MR) is 84.6 cm³/mol. The number of nitrogens with zero attached hydrogens (tertiary/aromatic N) is 2. The van der Waals surface area contributed by atoms with E-state index in [0.29, 0.717) is 25.7 Å². The van der Waals surface area contributed by atoms with Gasteiger partial charge in [-0.1, -0.05) is 6.92 Å². The zero-order chi connectivity index (χ0) is 14.7. The summed E-state index contributed by atoms with van der Waals surface area (Å²) in [6, 6.07) is 2.77. The molecule has 0 spiro atoms. The number of carbonyl (C=O) groups is 1. The zero-order valence-corrected chi connectivity index (χ0v) is 13.5. The minimum atomic E-state index is 0.282. The summed E-state index contributed by atoms with van der Waals surface area (Å²) in [6.45, 7) is 7.09. The fourth-order valence-corrected chi connectivity index (χ4v) is 4.33. The van der Waals surface area contributed by atoms with E-state index in [-0.39, 0.29) is 5.91 Å². The Morgan fingerprint density at radius 1 is 1.38 bits per heavy atom. The third-order valence-corrected chi connectivity index (χ3v) is 5.57. The standard InChI is InChI=1S/C16H24N2O2S/c1-2-14-13-5-12-21-15(13)3-6-17(14)7-4-16(19)18-8-10-20-11-9-18/h5,12,14H,2-4,6-11H2,1H3/t14-/m1/s1. The van der Waals surface area contributed by atoms with Crippen molar-refractivity contribution >= 4 is 17.2 Å². The number of hydrogen-bond donors (Lipinski definition) is 0. The van der Waals surface area contributed by atoms with Crippen molar-refractivity contribution in [2.24, 2.45) is 0 Å². The van der Waals surface area contributed by atoms with E-state index >= 15 is 0 Å². The number of carbonyl (C=O) groups excluding carboxylic acids is 1. The van der Waals surface area contributed by atoms with Crippen LogP contribution in [0.5, 0.6) is 0 Å². The molecule has 0 radical (unpaired) electrons. The van der Waals surface area contributed by atoms with Crippen molar-refractivity contribution in [3.05, 3.63) is 21.9 Å². The molecule has 1 fully saturated rings. The van der Waals surface area contributed by atoms with Crippen molar-refractivity contribution in [1.29, 1.82) is 0 Å². The lowest BCUT2D eigenvalue weighted by Crippen LogP contribution is -2.43. The van der Waals surface area contributed by atoms with Gasteiger partial charge in [-0.3, -0.25) is 9.69 Å². The summed E-state index contributed by atoms with van der Waals surface area (Å²) in [5.41, 5.74) is 1.49. The maximum absolute atomic E-state index is 12.3. The quantitative estimate of drug-likeness (QED) is 0.856. The van der Waals surface area contributed by atoms with Crippen molar-refractivity contribution in [2.75, 3.05) is 39.4 Å². The highest BCUT2D eigenvalue weighted by Gasteiger charge is 2.27. The van der Waals surface area contributed by atoms with E-state index in [2.05, 4.69) is 23.3 Å². The van der Waals surface area contributed by atoms with Crippen molar-refractivity contribution < 1.29 is 9.53 Å². The maximum atomic E-state index is 12.3. The van der Waals surface area contributed by atoms with E-state index in [1.165, 1.54) is 10.4 Å². The fraction of sp³-hybridized carbons (Fsp3) is 0.688. The number of rotatable bonds is 4. The van der Waals surface area contributed by atoms with Crippen LogP contribution >= 0.6 is 11.3 Å². The molecule has 1 atom stereocenters. The first kappa shape index (κ1) is 15.0. The fourth-order valence-electron chi connectivity index (χ4n) is 3.40. The molecule has 2 aliphatic heterocycles. The van der Waals surface area contributed by atoms with Gasteiger partial charge in [0.05, 0.1) is 13.2 Å². The number of morpholine rings is 1. The van der Waals surface area contributed by atoms with E-state index in [1.54, 1.807) is 0 Å². The summed E-state index contributed by atoms with van der Waals surface area (Å²) in [5, 5.41) is 2.20. The Kier molecular flexibility index (Phi) is 4.93. The van der Waals surface area contributed by atoms with Crippen LogP contribution in [0.15, 0.2) is 11.4 Å². The summed E-state index contributed by atoms with van der Waals surface area (Å²) in [7, 11) is 0. The van der Waals surface area contributed by atoms with Crippen LogP contribution in [0.4, 0.5) is 0 Å².